The fraction of sp³-hybridized carbons (Fsp3) is 0.0385. The Balaban J connectivity index is 1.50. The van der Waals surface area contributed by atoms with Crippen LogP contribution in [0.3, 0.4) is 0 Å². The van der Waals surface area contributed by atoms with Crippen LogP contribution in [0.4, 0.5) is 0 Å². The van der Waals surface area contributed by atoms with Crippen LogP contribution >= 0.6 is 0 Å². The summed E-state index contributed by atoms with van der Waals surface area (Å²) in [5.74, 6) is 1.79. The molecule has 4 heteroatoms. The number of aromatic nitrogens is 2. The van der Waals surface area contributed by atoms with Crippen LogP contribution in [0, 0.1) is 0 Å². The first-order chi connectivity index (χ1) is 14.9. The molecule has 0 atom stereocenters. The number of furan rings is 1. The Kier molecular flexibility index (Phi) is 3.03. The Morgan fingerprint density at radius 2 is 1.67 bits per heavy atom. The van der Waals surface area contributed by atoms with Crippen LogP contribution in [-0.2, 0) is 6.61 Å². The first-order valence-electron chi connectivity index (χ1n) is 10.0. The molecule has 142 valence electrons. The lowest BCUT2D eigenvalue weighted by Gasteiger charge is -2.21. The van der Waals surface area contributed by atoms with Crippen molar-refractivity contribution in [2.24, 2.45) is 0 Å². The summed E-state index contributed by atoms with van der Waals surface area (Å²) in [6.07, 6.45) is 0. The quantitative estimate of drug-likeness (QED) is 0.323. The molecule has 7 rings (SSSR count). The lowest BCUT2D eigenvalue weighted by Crippen LogP contribution is -2.13. The first kappa shape index (κ1) is 15.8. The molecule has 0 fully saturated rings. The topological polar surface area (TPSA) is 40.2 Å². The molecule has 1 aliphatic rings. The van der Waals surface area contributed by atoms with Gasteiger partial charge in [-0.05, 0) is 35.9 Å². The van der Waals surface area contributed by atoms with Gasteiger partial charge in [-0.2, -0.15) is 0 Å². The Hall–Kier alpha value is -4.05. The van der Waals surface area contributed by atoms with Gasteiger partial charge in [-0.15, -0.1) is 0 Å². The zero-order valence-electron chi connectivity index (χ0n) is 16.0. The van der Waals surface area contributed by atoms with Gasteiger partial charge in [0, 0.05) is 16.3 Å². The highest BCUT2D eigenvalue weighted by atomic mass is 16.5. The number of para-hydroxylation sites is 4. The van der Waals surface area contributed by atoms with Crippen LogP contribution in [0.15, 0.2) is 89.3 Å². The van der Waals surface area contributed by atoms with Crippen LogP contribution in [0.25, 0.3) is 49.8 Å². The van der Waals surface area contributed by atoms with Crippen molar-refractivity contribution in [1.29, 1.82) is 0 Å². The monoisotopic (exact) mass is 388 g/mol. The third-order valence-electron chi connectivity index (χ3n) is 5.90. The molecule has 4 nitrogen and oxygen atoms in total. The van der Waals surface area contributed by atoms with Crippen molar-refractivity contribution in [3.63, 3.8) is 0 Å². The first-order valence-corrected chi connectivity index (χ1v) is 10.0. The van der Waals surface area contributed by atoms with Crippen molar-refractivity contribution < 1.29 is 9.15 Å². The minimum atomic E-state index is 0.472. The molecule has 3 heterocycles. The maximum Gasteiger partial charge on any atom is 0.152 e. The van der Waals surface area contributed by atoms with Crippen LogP contribution in [0.2, 0.25) is 0 Å². The van der Waals surface area contributed by atoms with Gasteiger partial charge in [-0.25, -0.2) is 4.98 Å². The van der Waals surface area contributed by atoms with Crippen LogP contribution in [0.1, 0.15) is 5.82 Å². The van der Waals surface area contributed by atoms with E-state index in [1.54, 1.807) is 0 Å². The molecule has 1 aliphatic heterocycles. The molecule has 0 aliphatic carbocycles. The maximum absolute atomic E-state index is 6.26. The molecule has 0 saturated heterocycles. The Morgan fingerprint density at radius 1 is 0.800 bits per heavy atom. The number of hydrogen-bond acceptors (Lipinski definition) is 3. The van der Waals surface area contributed by atoms with Crippen molar-refractivity contribution >= 4 is 33.0 Å². The lowest BCUT2D eigenvalue weighted by molar-refractivity contribution is 0.281. The summed E-state index contributed by atoms with van der Waals surface area (Å²) in [4.78, 5) is 4.75. The van der Waals surface area contributed by atoms with E-state index in [1.807, 2.05) is 42.5 Å². The molecule has 0 N–H and O–H groups in total. The predicted molar refractivity (Wildman–Crippen MR) is 118 cm³/mol. The number of benzene rings is 4. The second-order valence-corrected chi connectivity index (χ2v) is 7.60. The van der Waals surface area contributed by atoms with Gasteiger partial charge in [0.15, 0.2) is 5.82 Å². The molecule has 30 heavy (non-hydrogen) atoms. The van der Waals surface area contributed by atoms with E-state index in [0.29, 0.717) is 6.61 Å². The minimum absolute atomic E-state index is 0.472. The van der Waals surface area contributed by atoms with E-state index in [2.05, 4.69) is 47.0 Å². The second-order valence-electron chi connectivity index (χ2n) is 7.60. The smallest absolute Gasteiger partial charge is 0.152 e. The van der Waals surface area contributed by atoms with Crippen LogP contribution in [0.5, 0.6) is 5.75 Å². The van der Waals surface area contributed by atoms with Gasteiger partial charge in [-0.3, -0.25) is 4.57 Å². The Morgan fingerprint density at radius 3 is 2.67 bits per heavy atom. The summed E-state index contributed by atoms with van der Waals surface area (Å²) >= 11 is 0. The van der Waals surface area contributed by atoms with E-state index in [9.17, 15) is 0 Å². The third kappa shape index (κ3) is 2.08. The van der Waals surface area contributed by atoms with Gasteiger partial charge >= 0.3 is 0 Å². The number of imidazole rings is 1. The summed E-state index contributed by atoms with van der Waals surface area (Å²) in [6.45, 7) is 0.472. The SMILES string of the molecule is c1ccc2c(c1)nc1n2-c2cc(-c3cccc4c3oc3ccccc34)ccc2OC1. The fourth-order valence-electron chi connectivity index (χ4n) is 4.54. The van der Waals surface area contributed by atoms with E-state index < -0.39 is 0 Å². The highest BCUT2D eigenvalue weighted by Gasteiger charge is 2.22. The van der Waals surface area contributed by atoms with Gasteiger partial charge in [0.2, 0.25) is 0 Å². The van der Waals surface area contributed by atoms with Crippen molar-refractivity contribution in [3.05, 3.63) is 90.8 Å². The highest BCUT2D eigenvalue weighted by Crippen LogP contribution is 2.40. The van der Waals surface area contributed by atoms with Gasteiger partial charge in [0.1, 0.15) is 23.5 Å². The molecular formula is C26H16N2O2. The molecule has 0 amide bonds. The molecule has 0 spiro atoms. The van der Waals surface area contributed by atoms with E-state index in [0.717, 1.165) is 61.4 Å². The fourth-order valence-corrected chi connectivity index (χ4v) is 4.54. The van der Waals surface area contributed by atoms with Crippen molar-refractivity contribution in [3.8, 4) is 22.6 Å². The number of rotatable bonds is 1. The molecule has 0 unspecified atom stereocenters. The zero-order valence-corrected chi connectivity index (χ0v) is 16.0. The van der Waals surface area contributed by atoms with Crippen LogP contribution < -0.4 is 4.74 Å². The van der Waals surface area contributed by atoms with Gasteiger partial charge in [0.25, 0.3) is 0 Å². The summed E-state index contributed by atoms with van der Waals surface area (Å²) in [5.41, 5.74) is 7.06. The van der Waals surface area contributed by atoms with Gasteiger partial charge in [0.05, 0.1) is 16.7 Å². The highest BCUT2D eigenvalue weighted by molar-refractivity contribution is 6.09. The molecule has 2 aromatic heterocycles. The van der Waals surface area contributed by atoms with Gasteiger partial charge in [-0.1, -0.05) is 54.6 Å². The van der Waals surface area contributed by atoms with E-state index in [4.69, 9.17) is 14.1 Å². The van der Waals surface area contributed by atoms with Crippen molar-refractivity contribution in [2.75, 3.05) is 0 Å². The summed E-state index contributed by atoms with van der Waals surface area (Å²) < 4.78 is 14.5. The maximum atomic E-state index is 6.26. The lowest BCUT2D eigenvalue weighted by atomic mass is 10.0. The number of hydrogen-bond donors (Lipinski definition) is 0. The molecule has 0 saturated carbocycles. The second kappa shape index (κ2) is 5.74. The Bertz CT molecular complexity index is 1610. The molecule has 6 aromatic rings. The number of nitrogens with zero attached hydrogens (tertiary/aromatic N) is 2. The predicted octanol–water partition coefficient (Wildman–Crippen LogP) is 6.48. The summed E-state index contributed by atoms with van der Waals surface area (Å²) in [6, 6.07) is 29.0. The summed E-state index contributed by atoms with van der Waals surface area (Å²) in [5, 5.41) is 2.27. The third-order valence-corrected chi connectivity index (χ3v) is 5.90. The number of ether oxygens (including phenoxy) is 1. The van der Waals surface area contributed by atoms with E-state index >= 15 is 0 Å². The van der Waals surface area contributed by atoms with E-state index in [1.165, 1.54) is 0 Å². The van der Waals surface area contributed by atoms with Crippen molar-refractivity contribution in [2.45, 2.75) is 6.61 Å². The summed E-state index contributed by atoms with van der Waals surface area (Å²) in [7, 11) is 0. The molecule has 0 radical (unpaired) electrons. The zero-order chi connectivity index (χ0) is 19.7. The van der Waals surface area contributed by atoms with Crippen molar-refractivity contribution in [1.82, 2.24) is 9.55 Å². The standard InChI is InChI=1S/C26H16N2O2/c1-4-11-23-18(6-1)19-8-5-7-17(26(19)30-23)16-12-13-24-22(14-16)28-21-10-3-2-9-20(21)27-25(28)15-29-24/h1-14H,15H2. The van der Waals surface area contributed by atoms with Crippen LogP contribution in [-0.4, -0.2) is 9.55 Å². The normalized spacial score (nSPS) is 12.8. The average molecular weight is 388 g/mol. The molecular weight excluding hydrogens is 372 g/mol. The number of fused-ring (bicyclic) bond motifs is 8. The Labute approximate surface area is 171 Å². The van der Waals surface area contributed by atoms with Gasteiger partial charge < -0.3 is 9.15 Å². The molecule has 4 aromatic carbocycles. The van der Waals surface area contributed by atoms with E-state index in [-0.39, 0.29) is 0 Å². The molecule has 0 bridgehead atoms. The minimum Gasteiger partial charge on any atom is -0.483 e. The largest absolute Gasteiger partial charge is 0.483 e. The average Bonchev–Trinajstić information content (AvgIpc) is 3.37.